The second-order valence-electron chi connectivity index (χ2n) is 5.46. The third-order valence-electron chi connectivity index (χ3n) is 3.49. The van der Waals surface area contributed by atoms with E-state index in [9.17, 15) is 9.59 Å². The second kappa shape index (κ2) is 11.9. The summed E-state index contributed by atoms with van der Waals surface area (Å²) in [7, 11) is 5.87. The largest absolute Gasteiger partial charge is 0.465 e. The molecule has 22 heavy (non-hydrogen) atoms. The van der Waals surface area contributed by atoms with Gasteiger partial charge in [0.25, 0.3) is 0 Å². The lowest BCUT2D eigenvalue weighted by Gasteiger charge is -2.16. The fourth-order valence-electron chi connectivity index (χ4n) is 2.16. The molecule has 8 heteroatoms. The molecular weight excluding hydrogens is 322 g/mol. The Bertz CT molecular complexity index is 339. The van der Waals surface area contributed by atoms with Gasteiger partial charge in [0.1, 0.15) is 0 Å². The predicted octanol–water partition coefficient (Wildman–Crippen LogP) is 2.02. The zero-order chi connectivity index (χ0) is 16.2. The summed E-state index contributed by atoms with van der Waals surface area (Å²) in [6, 6.07) is 0. The monoisotopic (exact) mass is 349 g/mol. The number of unbranched alkanes of at least 4 members (excludes halogenated alkanes) is 1. The third-order valence-corrected chi connectivity index (χ3v) is 6.50. The van der Waals surface area contributed by atoms with Crippen LogP contribution in [-0.2, 0) is 4.79 Å². The van der Waals surface area contributed by atoms with Crippen molar-refractivity contribution in [3.8, 4) is 0 Å². The lowest BCUT2D eigenvalue weighted by atomic mass is 10.1. The molecule has 1 aliphatic heterocycles. The average molecular weight is 350 g/mol. The van der Waals surface area contributed by atoms with E-state index < -0.39 is 6.09 Å². The molecule has 0 aliphatic carbocycles. The number of carbonyl (C=O) groups excluding carboxylic acids is 1. The zero-order valence-corrected chi connectivity index (χ0v) is 14.8. The molecule has 128 valence electrons. The number of carbonyl (C=O) groups is 2. The van der Waals surface area contributed by atoms with Crippen molar-refractivity contribution in [3.63, 3.8) is 0 Å². The molecule has 1 rings (SSSR count). The van der Waals surface area contributed by atoms with Crippen LogP contribution in [0.25, 0.3) is 0 Å². The SMILES string of the molecule is CN(CCNC(=O)O)CCNC(=O)CCCC[C@@H]1CCSS1. The number of likely N-dealkylation sites (N-methyl/N-ethyl adjacent to an activating group) is 1. The Kier molecular flexibility index (Phi) is 10.5. The molecular formula is C14H27N3O3S2. The molecule has 6 nitrogen and oxygen atoms in total. The van der Waals surface area contributed by atoms with Crippen LogP contribution in [0.1, 0.15) is 32.1 Å². The Labute approximate surface area is 140 Å². The summed E-state index contributed by atoms with van der Waals surface area (Å²) in [5, 5.41) is 14.5. The fraction of sp³-hybridized carbons (Fsp3) is 0.857. The van der Waals surface area contributed by atoms with Gasteiger partial charge >= 0.3 is 6.09 Å². The Morgan fingerprint density at radius 3 is 2.59 bits per heavy atom. The van der Waals surface area contributed by atoms with Crippen LogP contribution in [0.3, 0.4) is 0 Å². The van der Waals surface area contributed by atoms with Crippen molar-refractivity contribution in [3.05, 3.63) is 0 Å². The highest BCUT2D eigenvalue weighted by Crippen LogP contribution is 2.39. The minimum Gasteiger partial charge on any atom is -0.465 e. The predicted molar refractivity (Wildman–Crippen MR) is 93.5 cm³/mol. The summed E-state index contributed by atoms with van der Waals surface area (Å²) in [5.41, 5.74) is 0. The maximum Gasteiger partial charge on any atom is 0.404 e. The second-order valence-corrected chi connectivity index (χ2v) is 8.25. The molecule has 0 unspecified atom stereocenters. The number of hydrogen-bond acceptors (Lipinski definition) is 5. The Hall–Kier alpha value is -0.600. The number of nitrogens with one attached hydrogen (secondary N) is 2. The van der Waals surface area contributed by atoms with Gasteiger partial charge in [-0.1, -0.05) is 28.0 Å². The Morgan fingerprint density at radius 1 is 1.23 bits per heavy atom. The van der Waals surface area contributed by atoms with Gasteiger partial charge in [-0.05, 0) is 26.3 Å². The molecule has 0 spiro atoms. The van der Waals surface area contributed by atoms with Crippen molar-refractivity contribution >= 4 is 33.6 Å². The molecule has 1 saturated heterocycles. The van der Waals surface area contributed by atoms with Gasteiger partial charge in [0.05, 0.1) is 0 Å². The number of hydrogen-bond donors (Lipinski definition) is 3. The molecule has 0 aromatic heterocycles. The van der Waals surface area contributed by atoms with Crippen molar-refractivity contribution in [2.75, 3.05) is 39.0 Å². The summed E-state index contributed by atoms with van der Waals surface area (Å²) in [6.07, 6.45) is 4.23. The van der Waals surface area contributed by atoms with Gasteiger partial charge in [-0.3, -0.25) is 4.79 Å². The van der Waals surface area contributed by atoms with E-state index in [1.54, 1.807) is 0 Å². The average Bonchev–Trinajstić information content (AvgIpc) is 2.96. The molecule has 1 heterocycles. The van der Waals surface area contributed by atoms with Gasteiger partial charge < -0.3 is 20.6 Å². The van der Waals surface area contributed by atoms with E-state index in [1.807, 2.05) is 33.5 Å². The Morgan fingerprint density at radius 2 is 1.95 bits per heavy atom. The number of rotatable bonds is 11. The third kappa shape index (κ3) is 10.2. The molecule has 0 bridgehead atoms. The van der Waals surface area contributed by atoms with E-state index >= 15 is 0 Å². The van der Waals surface area contributed by atoms with Crippen LogP contribution in [0.4, 0.5) is 4.79 Å². The van der Waals surface area contributed by atoms with Crippen molar-refractivity contribution in [1.29, 1.82) is 0 Å². The van der Waals surface area contributed by atoms with E-state index in [0.717, 1.165) is 24.6 Å². The highest BCUT2D eigenvalue weighted by atomic mass is 33.1. The van der Waals surface area contributed by atoms with Crippen LogP contribution in [-0.4, -0.2) is 66.2 Å². The molecule has 1 fully saturated rings. The van der Waals surface area contributed by atoms with E-state index in [-0.39, 0.29) is 5.91 Å². The van der Waals surface area contributed by atoms with E-state index in [4.69, 9.17) is 5.11 Å². The summed E-state index contributed by atoms with van der Waals surface area (Å²) in [6.45, 7) is 2.37. The van der Waals surface area contributed by atoms with Crippen molar-refractivity contribution in [2.45, 2.75) is 37.4 Å². The lowest BCUT2D eigenvalue weighted by molar-refractivity contribution is -0.121. The summed E-state index contributed by atoms with van der Waals surface area (Å²) < 4.78 is 0. The topological polar surface area (TPSA) is 81.7 Å². The van der Waals surface area contributed by atoms with Crippen LogP contribution < -0.4 is 10.6 Å². The van der Waals surface area contributed by atoms with Crippen LogP contribution in [0.15, 0.2) is 0 Å². The number of carboxylic acid groups (broad SMARTS) is 1. The molecule has 2 amide bonds. The highest BCUT2D eigenvalue weighted by Gasteiger charge is 2.15. The maximum absolute atomic E-state index is 11.7. The van der Waals surface area contributed by atoms with Crippen molar-refractivity contribution in [1.82, 2.24) is 15.5 Å². The minimum absolute atomic E-state index is 0.116. The smallest absolute Gasteiger partial charge is 0.404 e. The van der Waals surface area contributed by atoms with Gasteiger partial charge in [0.15, 0.2) is 0 Å². The van der Waals surface area contributed by atoms with Crippen LogP contribution >= 0.6 is 21.6 Å². The van der Waals surface area contributed by atoms with Gasteiger partial charge in [0.2, 0.25) is 5.91 Å². The summed E-state index contributed by atoms with van der Waals surface area (Å²) in [5.74, 6) is 1.39. The summed E-state index contributed by atoms with van der Waals surface area (Å²) >= 11 is 0. The van der Waals surface area contributed by atoms with E-state index in [2.05, 4.69) is 10.6 Å². The van der Waals surface area contributed by atoms with Gasteiger partial charge in [0, 0.05) is 43.6 Å². The molecule has 1 atom stereocenters. The van der Waals surface area contributed by atoms with Crippen molar-refractivity contribution < 1.29 is 14.7 Å². The Balaban J connectivity index is 1.90. The standard InChI is InChI=1S/C14H27N3O3S2/c1-17(10-8-16-14(19)20)9-7-15-13(18)5-3-2-4-12-6-11-21-22-12/h12,16H,2-11H2,1H3,(H,15,18)(H,19,20)/t12-/m1/s1. The highest BCUT2D eigenvalue weighted by molar-refractivity contribution is 8.77. The van der Waals surface area contributed by atoms with Gasteiger partial charge in [-0.25, -0.2) is 4.79 Å². The van der Waals surface area contributed by atoms with Crippen LogP contribution in [0.5, 0.6) is 0 Å². The molecule has 0 radical (unpaired) electrons. The first-order valence-corrected chi connectivity index (χ1v) is 10.2. The summed E-state index contributed by atoms with van der Waals surface area (Å²) in [4.78, 5) is 24.0. The first-order chi connectivity index (χ1) is 10.6. The maximum atomic E-state index is 11.7. The van der Waals surface area contributed by atoms with E-state index in [1.165, 1.54) is 18.6 Å². The first-order valence-electron chi connectivity index (χ1n) is 7.78. The minimum atomic E-state index is -1.00. The first kappa shape index (κ1) is 19.4. The van der Waals surface area contributed by atoms with Crippen LogP contribution in [0, 0.1) is 0 Å². The van der Waals surface area contributed by atoms with Crippen LogP contribution in [0.2, 0.25) is 0 Å². The molecule has 0 aromatic rings. The number of amides is 2. The van der Waals surface area contributed by atoms with Gasteiger partial charge in [-0.2, -0.15) is 0 Å². The lowest BCUT2D eigenvalue weighted by Crippen LogP contribution is -2.37. The molecule has 0 aromatic carbocycles. The quantitative estimate of drug-likeness (QED) is 0.391. The molecule has 3 N–H and O–H groups in total. The molecule has 0 saturated carbocycles. The van der Waals surface area contributed by atoms with E-state index in [0.29, 0.717) is 26.1 Å². The fourth-order valence-corrected chi connectivity index (χ4v) is 5.19. The molecule has 1 aliphatic rings. The van der Waals surface area contributed by atoms with Crippen molar-refractivity contribution in [2.24, 2.45) is 0 Å². The van der Waals surface area contributed by atoms with Gasteiger partial charge in [-0.15, -0.1) is 0 Å². The normalized spacial score (nSPS) is 17.6. The zero-order valence-electron chi connectivity index (χ0n) is 13.2. The number of nitrogens with zero attached hydrogens (tertiary/aromatic N) is 1.